The van der Waals surface area contributed by atoms with Gasteiger partial charge in [0.2, 0.25) is 8.87 Å². The van der Waals surface area contributed by atoms with Gasteiger partial charge in [0.05, 0.1) is 5.75 Å². The highest BCUT2D eigenvalue weighted by molar-refractivity contribution is 8.71. The highest BCUT2D eigenvalue weighted by Gasteiger charge is 2.04. The molecule has 0 aliphatic heterocycles. The maximum absolute atomic E-state index is 10.5. The van der Waals surface area contributed by atoms with Crippen molar-refractivity contribution in [1.29, 1.82) is 0 Å². The van der Waals surface area contributed by atoms with Crippen LogP contribution in [0.1, 0.15) is 0 Å². The summed E-state index contributed by atoms with van der Waals surface area (Å²) < 4.78 is 21.0. The molecule has 0 aliphatic carbocycles. The molecule has 5 heteroatoms. The van der Waals surface area contributed by atoms with E-state index in [9.17, 15) is 8.42 Å². The zero-order valence-electron chi connectivity index (χ0n) is 4.43. The first-order valence-electron chi connectivity index (χ1n) is 1.96. The molecule has 0 saturated heterocycles. The van der Waals surface area contributed by atoms with Gasteiger partial charge < -0.3 is 0 Å². The summed E-state index contributed by atoms with van der Waals surface area (Å²) in [6.07, 6.45) is 1.53. The van der Waals surface area contributed by atoms with Crippen molar-refractivity contribution in [3.8, 4) is 0 Å². The summed E-state index contributed by atoms with van der Waals surface area (Å²) in [5.74, 6) is 0.249. The Balaban J connectivity index is 3.76. The third-order valence-corrected chi connectivity index (χ3v) is 4.23. The monoisotopic (exact) mass is 174 g/mol. The minimum atomic E-state index is -2.88. The summed E-state index contributed by atoms with van der Waals surface area (Å²) in [7, 11) is -2.05. The second-order valence-electron chi connectivity index (χ2n) is 1.12. The Morgan fingerprint density at radius 3 is 2.25 bits per heavy atom. The molecular weight excluding hydrogens is 168 g/mol. The van der Waals surface area contributed by atoms with E-state index in [1.54, 1.807) is 0 Å². The lowest BCUT2D eigenvalue weighted by atomic mass is 11.0. The van der Waals surface area contributed by atoms with Crippen LogP contribution in [0, 0.1) is 0 Å². The summed E-state index contributed by atoms with van der Waals surface area (Å²) in [5.41, 5.74) is 0. The smallest absolute Gasteiger partial charge is 0.202 e. The average molecular weight is 175 g/mol. The van der Waals surface area contributed by atoms with Crippen molar-refractivity contribution in [2.75, 3.05) is 17.9 Å². The van der Waals surface area contributed by atoms with Crippen LogP contribution >= 0.6 is 22.4 Å². The van der Waals surface area contributed by atoms with E-state index in [1.807, 2.05) is 0 Å². The molecule has 0 bridgehead atoms. The maximum atomic E-state index is 10.5. The molecule has 0 unspecified atom stereocenters. The van der Waals surface area contributed by atoms with E-state index in [0.717, 1.165) is 10.8 Å². The molecule has 0 fully saturated rings. The standard InChI is InChI=1S/C3H7ClO2S2/c1-7-8(5,6)3-2-4/h2-3H2,1H3. The van der Waals surface area contributed by atoms with E-state index in [0.29, 0.717) is 0 Å². The molecule has 0 aromatic carbocycles. The molecule has 0 radical (unpaired) electrons. The Morgan fingerprint density at radius 1 is 1.62 bits per heavy atom. The normalized spacial score (nSPS) is 11.8. The first-order valence-corrected chi connectivity index (χ1v) is 5.89. The fraction of sp³-hybridized carbons (Fsp3) is 1.00. The van der Waals surface area contributed by atoms with Crippen molar-refractivity contribution < 1.29 is 8.42 Å². The lowest BCUT2D eigenvalue weighted by Crippen LogP contribution is -2.00. The van der Waals surface area contributed by atoms with Crippen molar-refractivity contribution >= 4 is 31.3 Å². The lowest BCUT2D eigenvalue weighted by molar-refractivity contribution is 0.612. The second-order valence-corrected chi connectivity index (χ2v) is 5.88. The van der Waals surface area contributed by atoms with E-state index in [2.05, 4.69) is 0 Å². The Bertz CT molecular complexity index is 139. The van der Waals surface area contributed by atoms with Gasteiger partial charge in [0.15, 0.2) is 0 Å². The topological polar surface area (TPSA) is 34.1 Å². The van der Waals surface area contributed by atoms with Gasteiger partial charge in [-0.3, -0.25) is 0 Å². The van der Waals surface area contributed by atoms with E-state index in [1.165, 1.54) is 6.26 Å². The summed E-state index contributed by atoms with van der Waals surface area (Å²) in [5, 5.41) is 0. The number of halogens is 1. The quantitative estimate of drug-likeness (QED) is 0.472. The third-order valence-electron chi connectivity index (χ3n) is 0.581. The third kappa shape index (κ3) is 3.57. The Morgan fingerprint density at radius 2 is 2.12 bits per heavy atom. The molecule has 0 saturated carbocycles. The number of hydrogen-bond donors (Lipinski definition) is 0. The number of rotatable bonds is 3. The number of alkyl halides is 1. The number of hydrogen-bond acceptors (Lipinski definition) is 3. The predicted octanol–water partition coefficient (Wildman–Crippen LogP) is 0.918. The van der Waals surface area contributed by atoms with Gasteiger partial charge in [-0.05, 0) is 17.0 Å². The van der Waals surface area contributed by atoms with Crippen molar-refractivity contribution in [3.05, 3.63) is 0 Å². The molecule has 8 heavy (non-hydrogen) atoms. The molecule has 0 aromatic rings. The molecule has 0 aliphatic rings. The fourth-order valence-corrected chi connectivity index (χ4v) is 2.17. The second kappa shape index (κ2) is 3.58. The van der Waals surface area contributed by atoms with Crippen LogP contribution in [-0.2, 0) is 8.87 Å². The summed E-state index contributed by atoms with van der Waals surface area (Å²) in [4.78, 5) is 0. The highest BCUT2D eigenvalue weighted by Crippen LogP contribution is 2.07. The van der Waals surface area contributed by atoms with Crippen LogP contribution in [-0.4, -0.2) is 26.3 Å². The lowest BCUT2D eigenvalue weighted by Gasteiger charge is -1.91. The zero-order valence-corrected chi connectivity index (χ0v) is 6.81. The first kappa shape index (κ1) is 8.59. The predicted molar refractivity (Wildman–Crippen MR) is 38.0 cm³/mol. The van der Waals surface area contributed by atoms with Gasteiger partial charge in [-0.25, -0.2) is 8.42 Å². The summed E-state index contributed by atoms with van der Waals surface area (Å²) >= 11 is 5.17. The molecule has 0 amide bonds. The van der Waals surface area contributed by atoms with Crippen LogP contribution < -0.4 is 0 Å². The van der Waals surface area contributed by atoms with Crippen molar-refractivity contribution in [3.63, 3.8) is 0 Å². The van der Waals surface area contributed by atoms with Crippen LogP contribution in [0.25, 0.3) is 0 Å². The van der Waals surface area contributed by atoms with Crippen molar-refractivity contribution in [1.82, 2.24) is 0 Å². The Kier molecular flexibility index (Phi) is 3.85. The van der Waals surface area contributed by atoms with E-state index < -0.39 is 8.87 Å². The van der Waals surface area contributed by atoms with Crippen molar-refractivity contribution in [2.24, 2.45) is 0 Å². The average Bonchev–Trinajstić information content (AvgIpc) is 1.67. The van der Waals surface area contributed by atoms with Crippen LogP contribution in [0.4, 0.5) is 0 Å². The maximum Gasteiger partial charge on any atom is 0.202 e. The molecule has 0 aromatic heterocycles. The van der Waals surface area contributed by atoms with Gasteiger partial charge in [-0.15, -0.1) is 11.6 Å². The van der Waals surface area contributed by atoms with Crippen LogP contribution in [0.15, 0.2) is 0 Å². The van der Waals surface area contributed by atoms with Crippen LogP contribution in [0.5, 0.6) is 0 Å². The zero-order chi connectivity index (χ0) is 6.62. The van der Waals surface area contributed by atoms with E-state index in [4.69, 9.17) is 11.6 Å². The summed E-state index contributed by atoms with van der Waals surface area (Å²) in [6.45, 7) is 0. The van der Waals surface area contributed by atoms with E-state index in [-0.39, 0.29) is 11.6 Å². The Hall–Kier alpha value is 0.590. The molecule has 0 spiro atoms. The Labute approximate surface area is 57.9 Å². The molecule has 0 N–H and O–H groups in total. The van der Waals surface area contributed by atoms with Gasteiger partial charge in [-0.2, -0.15) is 0 Å². The minimum absolute atomic E-state index is 0.0652. The van der Waals surface area contributed by atoms with Crippen LogP contribution in [0.3, 0.4) is 0 Å². The van der Waals surface area contributed by atoms with Crippen LogP contribution in [0.2, 0.25) is 0 Å². The first-order chi connectivity index (χ1) is 3.62. The van der Waals surface area contributed by atoms with Gasteiger partial charge >= 0.3 is 0 Å². The van der Waals surface area contributed by atoms with Gasteiger partial charge in [-0.1, -0.05) is 0 Å². The fourth-order valence-electron chi connectivity index (χ4n) is 0.178. The largest absolute Gasteiger partial charge is 0.217 e. The molecule has 2 nitrogen and oxygen atoms in total. The van der Waals surface area contributed by atoms with Gasteiger partial charge in [0.25, 0.3) is 0 Å². The van der Waals surface area contributed by atoms with Gasteiger partial charge in [0.1, 0.15) is 0 Å². The van der Waals surface area contributed by atoms with Crippen molar-refractivity contribution in [2.45, 2.75) is 0 Å². The SMILES string of the molecule is CSS(=O)(=O)CCCl. The molecule has 50 valence electrons. The molecular formula is C3H7ClO2S2. The van der Waals surface area contributed by atoms with E-state index >= 15 is 0 Å². The van der Waals surface area contributed by atoms with Gasteiger partial charge in [0, 0.05) is 5.88 Å². The molecule has 0 heterocycles. The molecule has 0 rings (SSSR count). The highest BCUT2D eigenvalue weighted by atomic mass is 35.5. The minimum Gasteiger partial charge on any atom is -0.217 e. The summed E-state index contributed by atoms with van der Waals surface area (Å²) in [6, 6.07) is 0. The molecule has 0 atom stereocenters.